The normalized spacial score (nSPS) is 20.4. The molecule has 106 valence electrons. The third-order valence-corrected chi connectivity index (χ3v) is 4.02. The largest absolute Gasteiger partial charge is 0.340 e. The summed E-state index contributed by atoms with van der Waals surface area (Å²) < 4.78 is 0. The zero-order valence-electron chi connectivity index (χ0n) is 12.5. The number of unbranched alkanes of at least 4 members (excludes halogenated alkanes) is 1. The van der Waals surface area contributed by atoms with E-state index >= 15 is 0 Å². The summed E-state index contributed by atoms with van der Waals surface area (Å²) >= 11 is 0. The third kappa shape index (κ3) is 4.97. The first-order valence-corrected chi connectivity index (χ1v) is 7.67. The van der Waals surface area contributed by atoms with Crippen molar-refractivity contribution < 1.29 is 4.79 Å². The molecule has 1 aliphatic heterocycles. The molecule has 1 heterocycles. The van der Waals surface area contributed by atoms with E-state index in [4.69, 9.17) is 0 Å². The molecule has 1 rings (SSSR count). The molecule has 3 heteroatoms. The molecule has 0 aromatic heterocycles. The summed E-state index contributed by atoms with van der Waals surface area (Å²) in [4.78, 5) is 16.7. The summed E-state index contributed by atoms with van der Waals surface area (Å²) in [6.07, 6.45) is 7.93. The van der Waals surface area contributed by atoms with Gasteiger partial charge in [0.25, 0.3) is 0 Å². The predicted molar refractivity (Wildman–Crippen MR) is 76.7 cm³/mol. The van der Waals surface area contributed by atoms with Crippen LogP contribution in [-0.4, -0.2) is 48.4 Å². The van der Waals surface area contributed by atoms with Crippen LogP contribution in [0, 0.1) is 0 Å². The Labute approximate surface area is 113 Å². The highest BCUT2D eigenvalue weighted by Crippen LogP contribution is 2.20. The number of hydrogen-bond donors (Lipinski definition) is 0. The first-order chi connectivity index (χ1) is 8.69. The van der Waals surface area contributed by atoms with Crippen LogP contribution in [0.1, 0.15) is 58.8 Å². The highest BCUT2D eigenvalue weighted by molar-refractivity contribution is 5.76. The van der Waals surface area contributed by atoms with Gasteiger partial charge in [0.15, 0.2) is 0 Å². The Bertz CT molecular complexity index is 243. The number of piperidine rings is 1. The Kier molecular flexibility index (Phi) is 7.33. The topological polar surface area (TPSA) is 23.6 Å². The van der Waals surface area contributed by atoms with E-state index in [0.717, 1.165) is 26.1 Å². The van der Waals surface area contributed by atoms with Crippen LogP contribution < -0.4 is 0 Å². The maximum absolute atomic E-state index is 12.2. The monoisotopic (exact) mass is 254 g/mol. The molecule has 0 aliphatic carbocycles. The van der Waals surface area contributed by atoms with E-state index < -0.39 is 0 Å². The van der Waals surface area contributed by atoms with E-state index in [-0.39, 0.29) is 0 Å². The fourth-order valence-corrected chi connectivity index (χ4v) is 2.72. The quantitative estimate of drug-likeness (QED) is 0.697. The number of nitrogens with zero attached hydrogens (tertiary/aromatic N) is 2. The number of carbonyl (C=O) groups is 1. The first-order valence-electron chi connectivity index (χ1n) is 7.67. The molecule has 1 amide bonds. The molecule has 0 radical (unpaired) electrons. The average Bonchev–Trinajstić information content (AvgIpc) is 2.42. The maximum Gasteiger partial charge on any atom is 0.224 e. The Morgan fingerprint density at radius 2 is 2.06 bits per heavy atom. The van der Waals surface area contributed by atoms with Crippen molar-refractivity contribution in [3.05, 3.63) is 0 Å². The summed E-state index contributed by atoms with van der Waals surface area (Å²) in [6, 6.07) is 0.507. The van der Waals surface area contributed by atoms with Gasteiger partial charge in [-0.1, -0.05) is 20.3 Å². The van der Waals surface area contributed by atoms with Gasteiger partial charge in [0.05, 0.1) is 0 Å². The lowest BCUT2D eigenvalue weighted by Gasteiger charge is -2.35. The smallest absolute Gasteiger partial charge is 0.224 e. The molecule has 0 saturated carbocycles. The highest BCUT2D eigenvalue weighted by atomic mass is 16.2. The molecule has 0 spiro atoms. The van der Waals surface area contributed by atoms with Gasteiger partial charge in [-0.15, -0.1) is 0 Å². The van der Waals surface area contributed by atoms with Crippen molar-refractivity contribution in [3.8, 4) is 0 Å². The Morgan fingerprint density at radius 3 is 2.72 bits per heavy atom. The van der Waals surface area contributed by atoms with Crippen LogP contribution in [-0.2, 0) is 4.79 Å². The molecule has 0 aromatic rings. The minimum absolute atomic E-state index is 0.366. The fourth-order valence-electron chi connectivity index (χ4n) is 2.72. The fraction of sp³-hybridized carbons (Fsp3) is 0.933. The lowest BCUT2D eigenvalue weighted by molar-refractivity contribution is -0.135. The average molecular weight is 254 g/mol. The van der Waals surface area contributed by atoms with Gasteiger partial charge in [0.2, 0.25) is 5.91 Å². The minimum Gasteiger partial charge on any atom is -0.340 e. The molecular formula is C15H30N2O. The second-order valence-corrected chi connectivity index (χ2v) is 5.55. The summed E-state index contributed by atoms with van der Waals surface area (Å²) in [5.74, 6) is 0.366. The van der Waals surface area contributed by atoms with Crippen LogP contribution >= 0.6 is 0 Å². The lowest BCUT2D eigenvalue weighted by atomic mass is 9.99. The number of carbonyl (C=O) groups excluding carboxylic acids is 1. The molecule has 18 heavy (non-hydrogen) atoms. The van der Waals surface area contributed by atoms with E-state index in [2.05, 4.69) is 30.7 Å². The zero-order chi connectivity index (χ0) is 13.4. The molecule has 0 N–H and O–H groups in total. The number of amides is 1. The SMILES string of the molecule is CCCCN(C)CCC(=O)N1CCCCC1CC. The number of hydrogen-bond acceptors (Lipinski definition) is 2. The maximum atomic E-state index is 12.2. The van der Waals surface area contributed by atoms with Crippen molar-refractivity contribution in [1.29, 1.82) is 0 Å². The Balaban J connectivity index is 2.30. The van der Waals surface area contributed by atoms with Gasteiger partial charge in [-0.2, -0.15) is 0 Å². The molecule has 1 unspecified atom stereocenters. The standard InChI is InChI=1S/C15H30N2O/c1-4-6-11-16(3)13-10-15(18)17-12-8-7-9-14(17)5-2/h14H,4-13H2,1-3H3. The lowest BCUT2D eigenvalue weighted by Crippen LogP contribution is -2.44. The summed E-state index contributed by atoms with van der Waals surface area (Å²) in [5, 5.41) is 0. The zero-order valence-corrected chi connectivity index (χ0v) is 12.5. The number of likely N-dealkylation sites (tertiary alicyclic amines) is 1. The predicted octanol–water partition coefficient (Wildman–Crippen LogP) is 2.90. The van der Waals surface area contributed by atoms with Crippen LogP contribution in [0.3, 0.4) is 0 Å². The van der Waals surface area contributed by atoms with Gasteiger partial charge in [-0.3, -0.25) is 4.79 Å². The number of rotatable bonds is 7. The van der Waals surface area contributed by atoms with E-state index in [0.29, 0.717) is 18.4 Å². The second kappa shape index (κ2) is 8.52. The van der Waals surface area contributed by atoms with Gasteiger partial charge < -0.3 is 9.80 Å². The molecule has 1 saturated heterocycles. The van der Waals surface area contributed by atoms with Crippen LogP contribution in [0.15, 0.2) is 0 Å². The minimum atomic E-state index is 0.366. The van der Waals surface area contributed by atoms with Gasteiger partial charge >= 0.3 is 0 Å². The van der Waals surface area contributed by atoms with E-state index in [1.807, 2.05) is 0 Å². The van der Waals surface area contributed by atoms with Gasteiger partial charge in [0.1, 0.15) is 0 Å². The third-order valence-electron chi connectivity index (χ3n) is 4.02. The Hall–Kier alpha value is -0.570. The van der Waals surface area contributed by atoms with Crippen LogP contribution in [0.5, 0.6) is 0 Å². The first kappa shape index (κ1) is 15.5. The molecule has 3 nitrogen and oxygen atoms in total. The van der Waals surface area contributed by atoms with Crippen molar-refractivity contribution in [2.45, 2.75) is 64.8 Å². The molecule has 1 aliphatic rings. The molecular weight excluding hydrogens is 224 g/mol. The summed E-state index contributed by atoms with van der Waals surface area (Å²) in [7, 11) is 2.12. The van der Waals surface area contributed by atoms with Crippen molar-refractivity contribution in [2.75, 3.05) is 26.7 Å². The van der Waals surface area contributed by atoms with Crippen molar-refractivity contribution in [3.63, 3.8) is 0 Å². The van der Waals surface area contributed by atoms with Gasteiger partial charge in [0, 0.05) is 25.6 Å². The molecule has 1 atom stereocenters. The van der Waals surface area contributed by atoms with Crippen LogP contribution in [0.2, 0.25) is 0 Å². The molecule has 1 fully saturated rings. The Morgan fingerprint density at radius 1 is 1.28 bits per heavy atom. The van der Waals surface area contributed by atoms with Crippen LogP contribution in [0.25, 0.3) is 0 Å². The van der Waals surface area contributed by atoms with Gasteiger partial charge in [-0.25, -0.2) is 0 Å². The van der Waals surface area contributed by atoms with Crippen LogP contribution in [0.4, 0.5) is 0 Å². The van der Waals surface area contributed by atoms with Gasteiger partial charge in [-0.05, 0) is 45.7 Å². The van der Waals surface area contributed by atoms with Crippen molar-refractivity contribution >= 4 is 5.91 Å². The molecule has 0 bridgehead atoms. The van der Waals surface area contributed by atoms with Crippen molar-refractivity contribution in [2.24, 2.45) is 0 Å². The second-order valence-electron chi connectivity index (χ2n) is 5.55. The highest BCUT2D eigenvalue weighted by Gasteiger charge is 2.24. The molecule has 0 aromatic carbocycles. The van der Waals surface area contributed by atoms with E-state index in [9.17, 15) is 4.79 Å². The van der Waals surface area contributed by atoms with E-state index in [1.165, 1.54) is 32.1 Å². The van der Waals surface area contributed by atoms with E-state index in [1.54, 1.807) is 0 Å². The van der Waals surface area contributed by atoms with Crippen molar-refractivity contribution in [1.82, 2.24) is 9.80 Å². The summed E-state index contributed by atoms with van der Waals surface area (Å²) in [6.45, 7) is 7.41. The summed E-state index contributed by atoms with van der Waals surface area (Å²) in [5.41, 5.74) is 0.